The summed E-state index contributed by atoms with van der Waals surface area (Å²) in [5.74, 6) is 0.460. The molecule has 6 heterocycles. The average molecular weight is 418 g/mol. The maximum atomic E-state index is 11.5. The van der Waals surface area contributed by atoms with Gasteiger partial charge in [0.25, 0.3) is 0 Å². The first-order valence-electron chi connectivity index (χ1n) is 9.71. The van der Waals surface area contributed by atoms with Crippen LogP contribution in [0, 0.1) is 0 Å². The van der Waals surface area contributed by atoms with Crippen molar-refractivity contribution in [2.75, 3.05) is 24.7 Å². The van der Waals surface area contributed by atoms with Gasteiger partial charge in [0, 0.05) is 25.2 Å². The van der Waals surface area contributed by atoms with Crippen LogP contribution in [0.4, 0.5) is 11.6 Å². The Balaban J connectivity index is 0.000000128. The molecule has 0 bridgehead atoms. The van der Waals surface area contributed by atoms with Crippen LogP contribution in [0.5, 0.6) is 0 Å². The van der Waals surface area contributed by atoms with Gasteiger partial charge in [-0.2, -0.15) is 9.97 Å². The van der Waals surface area contributed by atoms with E-state index in [1.165, 1.54) is 9.13 Å². The fourth-order valence-electron chi connectivity index (χ4n) is 3.88. The molecule has 0 amide bonds. The van der Waals surface area contributed by atoms with Crippen LogP contribution >= 0.6 is 0 Å². The molecule has 4 N–H and O–H groups in total. The van der Waals surface area contributed by atoms with E-state index in [-0.39, 0.29) is 59.9 Å². The molecule has 0 aliphatic carbocycles. The van der Waals surface area contributed by atoms with Crippen molar-refractivity contribution >= 4 is 11.6 Å². The van der Waals surface area contributed by atoms with Crippen LogP contribution in [0.25, 0.3) is 0 Å². The molecular weight excluding hydrogens is 396 g/mol. The van der Waals surface area contributed by atoms with Gasteiger partial charge in [0.05, 0.1) is 25.4 Å². The SMILES string of the molecule is Nc1ccn([C@H]2C[C@@H]3OC[C@H]3O2)c(=O)n1.Nc1ccn([C@H]2C[C@@H]3OC[C@H]3O2)c(=O)n1. The molecule has 0 saturated carbocycles. The molecule has 30 heavy (non-hydrogen) atoms. The lowest BCUT2D eigenvalue weighted by atomic mass is 10.1. The second-order valence-corrected chi connectivity index (χ2v) is 7.56. The van der Waals surface area contributed by atoms with E-state index in [0.717, 1.165) is 0 Å². The van der Waals surface area contributed by atoms with Crippen molar-refractivity contribution in [1.29, 1.82) is 0 Å². The van der Waals surface area contributed by atoms with Gasteiger partial charge in [0.15, 0.2) is 0 Å². The molecule has 2 aromatic rings. The van der Waals surface area contributed by atoms with Crippen LogP contribution in [0.1, 0.15) is 25.3 Å². The zero-order valence-electron chi connectivity index (χ0n) is 16.0. The minimum Gasteiger partial charge on any atom is -0.383 e. The molecule has 0 aromatic carbocycles. The summed E-state index contributed by atoms with van der Waals surface area (Å²) in [6, 6.07) is 3.18. The summed E-state index contributed by atoms with van der Waals surface area (Å²) in [5, 5.41) is 0. The van der Waals surface area contributed by atoms with Gasteiger partial charge < -0.3 is 30.4 Å². The number of ether oxygens (including phenoxy) is 4. The normalized spacial score (nSPS) is 33.5. The van der Waals surface area contributed by atoms with E-state index in [2.05, 4.69) is 9.97 Å². The molecule has 0 spiro atoms. The molecule has 4 aliphatic rings. The summed E-state index contributed by atoms with van der Waals surface area (Å²) in [6.45, 7) is 1.25. The summed E-state index contributed by atoms with van der Waals surface area (Å²) in [7, 11) is 0. The molecule has 160 valence electrons. The number of nitrogens with zero attached hydrogens (tertiary/aromatic N) is 4. The standard InChI is InChI=1S/2C9H11N3O3/c2*10-7-1-2-12(9(13)11-7)8-3-5-6(15-8)4-14-5/h2*1-2,5-6,8H,3-4H2,(H2,10,11,13)/t2*5-,6+,8+/m00/s1. The summed E-state index contributed by atoms with van der Waals surface area (Å²) < 4.78 is 24.7. The molecule has 6 atom stereocenters. The van der Waals surface area contributed by atoms with Crippen LogP contribution in [-0.4, -0.2) is 56.7 Å². The van der Waals surface area contributed by atoms with Gasteiger partial charge in [-0.15, -0.1) is 0 Å². The van der Waals surface area contributed by atoms with Crippen molar-refractivity contribution in [2.45, 2.75) is 49.7 Å². The Hall–Kier alpha value is -2.80. The monoisotopic (exact) mass is 418 g/mol. The summed E-state index contributed by atoms with van der Waals surface area (Å²) in [4.78, 5) is 30.3. The van der Waals surface area contributed by atoms with Crippen molar-refractivity contribution < 1.29 is 18.9 Å². The molecule has 0 unspecified atom stereocenters. The molecule has 12 nitrogen and oxygen atoms in total. The molecule has 2 aromatic heterocycles. The fraction of sp³-hybridized carbons (Fsp3) is 0.556. The van der Waals surface area contributed by atoms with Crippen LogP contribution in [0.15, 0.2) is 34.1 Å². The van der Waals surface area contributed by atoms with E-state index in [4.69, 9.17) is 30.4 Å². The van der Waals surface area contributed by atoms with Crippen LogP contribution < -0.4 is 22.8 Å². The van der Waals surface area contributed by atoms with Crippen LogP contribution in [0.2, 0.25) is 0 Å². The minimum atomic E-state index is -0.374. The van der Waals surface area contributed by atoms with Crippen molar-refractivity contribution in [2.24, 2.45) is 0 Å². The maximum absolute atomic E-state index is 11.5. The van der Waals surface area contributed by atoms with Gasteiger partial charge >= 0.3 is 11.4 Å². The van der Waals surface area contributed by atoms with E-state index in [1.54, 1.807) is 24.5 Å². The van der Waals surface area contributed by atoms with Crippen molar-refractivity contribution in [1.82, 2.24) is 19.1 Å². The highest BCUT2D eigenvalue weighted by atomic mass is 16.6. The number of anilines is 2. The molecule has 6 rings (SSSR count). The Kier molecular flexibility index (Phi) is 4.77. The quantitative estimate of drug-likeness (QED) is 0.621. The summed E-state index contributed by atoms with van der Waals surface area (Å²) in [5.41, 5.74) is 10.1. The first kappa shape index (κ1) is 19.2. The number of fused-ring (bicyclic) bond motifs is 2. The smallest absolute Gasteiger partial charge is 0.351 e. The van der Waals surface area contributed by atoms with Gasteiger partial charge in [-0.25, -0.2) is 9.59 Å². The third kappa shape index (κ3) is 3.47. The summed E-state index contributed by atoms with van der Waals surface area (Å²) >= 11 is 0. The van der Waals surface area contributed by atoms with Gasteiger partial charge in [-0.05, 0) is 12.1 Å². The molecular formula is C18H22N6O6. The van der Waals surface area contributed by atoms with Crippen LogP contribution in [0.3, 0.4) is 0 Å². The lowest BCUT2D eigenvalue weighted by Gasteiger charge is -2.28. The van der Waals surface area contributed by atoms with Gasteiger partial charge in [0.2, 0.25) is 0 Å². The van der Waals surface area contributed by atoms with E-state index in [1.807, 2.05) is 0 Å². The first-order chi connectivity index (χ1) is 14.5. The maximum Gasteiger partial charge on any atom is 0.351 e. The number of rotatable bonds is 2. The summed E-state index contributed by atoms with van der Waals surface area (Å²) in [6.07, 6.45) is 4.66. The fourth-order valence-corrected chi connectivity index (χ4v) is 3.88. The lowest BCUT2D eigenvalue weighted by Crippen LogP contribution is -2.40. The number of nitrogens with two attached hydrogens (primary N) is 2. The molecule has 12 heteroatoms. The zero-order chi connectivity index (χ0) is 20.8. The van der Waals surface area contributed by atoms with E-state index in [0.29, 0.717) is 26.1 Å². The number of hydrogen-bond acceptors (Lipinski definition) is 10. The number of hydrogen-bond donors (Lipinski definition) is 2. The third-order valence-corrected chi connectivity index (χ3v) is 5.63. The highest BCUT2D eigenvalue weighted by Gasteiger charge is 2.44. The van der Waals surface area contributed by atoms with Crippen molar-refractivity contribution in [3.8, 4) is 0 Å². The molecule has 4 saturated heterocycles. The van der Waals surface area contributed by atoms with Crippen molar-refractivity contribution in [3.05, 3.63) is 45.5 Å². The van der Waals surface area contributed by atoms with E-state index >= 15 is 0 Å². The third-order valence-electron chi connectivity index (χ3n) is 5.63. The van der Waals surface area contributed by atoms with Gasteiger partial charge in [-0.3, -0.25) is 9.13 Å². The first-order valence-corrected chi connectivity index (χ1v) is 9.71. The Morgan fingerprint density at radius 2 is 1.20 bits per heavy atom. The minimum absolute atomic E-state index is 0.138. The predicted molar refractivity (Wildman–Crippen MR) is 102 cm³/mol. The number of aromatic nitrogens is 4. The Labute approximate surface area is 170 Å². The topological polar surface area (TPSA) is 159 Å². The molecule has 0 radical (unpaired) electrons. The molecule has 4 fully saturated rings. The Morgan fingerprint density at radius 1 is 0.767 bits per heavy atom. The highest BCUT2D eigenvalue weighted by molar-refractivity contribution is 5.24. The predicted octanol–water partition coefficient (Wildman–Crippen LogP) is -0.976. The Bertz CT molecular complexity index is 948. The molecule has 4 aliphatic heterocycles. The lowest BCUT2D eigenvalue weighted by molar-refractivity contribution is -0.149. The average Bonchev–Trinajstić information content (AvgIpc) is 3.12. The zero-order valence-corrected chi connectivity index (χ0v) is 16.0. The number of nitrogen functional groups attached to an aromatic ring is 2. The second-order valence-electron chi connectivity index (χ2n) is 7.56. The second kappa shape index (κ2) is 7.47. The Morgan fingerprint density at radius 3 is 1.47 bits per heavy atom. The largest absolute Gasteiger partial charge is 0.383 e. The highest BCUT2D eigenvalue weighted by Crippen LogP contribution is 2.36. The van der Waals surface area contributed by atoms with Gasteiger partial charge in [-0.1, -0.05) is 0 Å². The van der Waals surface area contributed by atoms with E-state index in [9.17, 15) is 9.59 Å². The van der Waals surface area contributed by atoms with Crippen LogP contribution in [-0.2, 0) is 18.9 Å². The van der Waals surface area contributed by atoms with E-state index < -0.39 is 0 Å². The van der Waals surface area contributed by atoms with Gasteiger partial charge in [0.1, 0.15) is 36.3 Å². The van der Waals surface area contributed by atoms with Crippen molar-refractivity contribution in [3.63, 3.8) is 0 Å².